The molecule has 33 nitrogen and oxygen atoms in total. The molecule has 0 saturated carbocycles. The summed E-state index contributed by atoms with van der Waals surface area (Å²) < 4.78 is 0. The first-order valence-corrected chi connectivity index (χ1v) is 18.8. The smallest absolute Gasteiger partial charge is 0.301 e. The minimum absolute atomic E-state index is 0.0336. The molecule has 33 heteroatoms. The largest absolute Gasteiger partial charge is 0.370 e. The van der Waals surface area contributed by atoms with Crippen LogP contribution in [0.5, 0.6) is 0 Å². The summed E-state index contributed by atoms with van der Waals surface area (Å²) in [5, 5.41) is 55.6. The van der Waals surface area contributed by atoms with Gasteiger partial charge in [0, 0.05) is 18.7 Å². The molecular weight excluding hydrogens is 893 g/mol. The lowest BCUT2D eigenvalue weighted by Gasteiger charge is -2.30. The van der Waals surface area contributed by atoms with E-state index >= 15 is 0 Å². The summed E-state index contributed by atoms with van der Waals surface area (Å²) in [6, 6.07) is 8.07. The fourth-order valence-electron chi connectivity index (χ4n) is 5.39. The van der Waals surface area contributed by atoms with Crippen molar-refractivity contribution in [1.29, 1.82) is 5.26 Å². The zero-order valence-corrected chi connectivity index (χ0v) is 35.3. The maximum atomic E-state index is 14.1. The number of nitrogens with two attached hydrogens (primary N) is 9. The second-order valence-electron chi connectivity index (χ2n) is 13.9. The van der Waals surface area contributed by atoms with E-state index < -0.39 is 135 Å². The molecule has 2 rings (SSSR count). The number of carbonyl (C=O) groups excluding carboxylic acids is 6. The predicted octanol–water partition coefficient (Wildman–Crippen LogP) is -7.25. The van der Waals surface area contributed by atoms with E-state index in [1.165, 1.54) is 30.3 Å². The molecule has 0 heterocycles. The Morgan fingerprint density at radius 1 is 0.657 bits per heavy atom. The van der Waals surface area contributed by atoms with Crippen molar-refractivity contribution >= 4 is 76.3 Å². The van der Waals surface area contributed by atoms with E-state index in [1.807, 2.05) is 16.0 Å². The number of nitrogens with one attached hydrogen (secondary N) is 5. The van der Waals surface area contributed by atoms with Gasteiger partial charge in [-0.2, -0.15) is 5.26 Å². The van der Waals surface area contributed by atoms with Crippen LogP contribution in [-0.4, -0.2) is 112 Å². The van der Waals surface area contributed by atoms with E-state index in [4.69, 9.17) is 51.6 Å². The summed E-state index contributed by atoms with van der Waals surface area (Å²) in [6.45, 7) is 3.00. The first-order valence-electron chi connectivity index (χ1n) is 18.8. The predicted molar refractivity (Wildman–Crippen MR) is 235 cm³/mol. The molecule has 2 aromatic carbocycles. The summed E-state index contributed by atoms with van der Waals surface area (Å²) in [7, 11) is 0. The van der Waals surface area contributed by atoms with E-state index in [-0.39, 0.29) is 17.9 Å². The zero-order valence-electron chi connectivity index (χ0n) is 35.3. The number of aliphatic imine (C=N–C) groups is 4. The number of carbonyl (C=O) groups is 6. The molecule has 0 aliphatic carbocycles. The second-order valence-corrected chi connectivity index (χ2v) is 13.9. The number of nitriles is 1. The molecule has 0 fully saturated rings. The highest BCUT2D eigenvalue weighted by Gasteiger charge is 2.39. The lowest BCUT2D eigenvalue weighted by atomic mass is 10.1. The van der Waals surface area contributed by atoms with Crippen molar-refractivity contribution < 1.29 is 43.7 Å². The monoisotopic (exact) mass is 940 g/mol. The number of aliphatic hydroxyl groups is 1. The van der Waals surface area contributed by atoms with Crippen LogP contribution in [0.4, 0.5) is 17.1 Å². The Balaban J connectivity index is 2.60. The Morgan fingerprint density at radius 3 is 1.40 bits per heavy atom. The average molecular weight is 941 g/mol. The maximum absolute atomic E-state index is 14.1. The van der Waals surface area contributed by atoms with Crippen molar-refractivity contribution in [3.05, 3.63) is 73.8 Å². The lowest BCUT2D eigenvalue weighted by Crippen LogP contribution is -2.58. The molecule has 0 aromatic heterocycles. The van der Waals surface area contributed by atoms with Gasteiger partial charge in [-0.15, -0.1) is 0 Å². The zero-order chi connectivity index (χ0) is 50.9. The van der Waals surface area contributed by atoms with Gasteiger partial charge < -0.3 is 88.2 Å². The van der Waals surface area contributed by atoms with Gasteiger partial charge in [0.25, 0.3) is 29.5 Å². The Labute approximate surface area is 377 Å². The molecule has 0 spiro atoms. The molecule has 0 saturated heterocycles. The van der Waals surface area contributed by atoms with Gasteiger partial charge in [-0.1, -0.05) is 44.2 Å². The third-order valence-electron chi connectivity index (χ3n) is 8.28. The van der Waals surface area contributed by atoms with Gasteiger partial charge >= 0.3 is 11.4 Å². The third-order valence-corrected chi connectivity index (χ3v) is 8.28. The molecule has 2 aromatic rings. The van der Waals surface area contributed by atoms with Gasteiger partial charge in [0.2, 0.25) is 36.8 Å². The molecule has 0 aliphatic rings. The van der Waals surface area contributed by atoms with Crippen LogP contribution in [0, 0.1) is 37.5 Å². The lowest BCUT2D eigenvalue weighted by molar-refractivity contribution is -0.392. The number of nitro benzene ring substituents is 2. The normalized spacial score (nSPS) is 13.1. The van der Waals surface area contributed by atoms with E-state index in [0.717, 1.165) is 0 Å². The quantitative estimate of drug-likeness (QED) is 0.0162. The summed E-state index contributed by atoms with van der Waals surface area (Å²) in [6.07, 6.45) is -10.9. The maximum Gasteiger partial charge on any atom is 0.301 e. The number of aliphatic hydroxyl groups excluding tert-OH is 1. The topological polar surface area (TPSA) is 580 Å². The standard InChI is InChI=1S/C34H48N22O11/c1-13(2)8-9-54(19-16(55(64)65)10-14(12-35)11-17(19)56(66)67)30(63)29(62)45-18(15-6-4-3-5-7-15)25(58)47-22(51-32(39)40)27(60)49-24(53-34(43)44)28(61)48-23(52-33(41)42)26(59)46-21(20(36)57)50-31(37)38/h3-7,10-11,13,18,21-24,30,63H,8-9H2,1-2H3,(H2,36,57)(H,45,62)(H,46,59)(H,47,58)(H,48,61)(H,49,60)(H4,37,38,50)(H4,39,40,51)(H4,41,42,52)(H4,43,44,53). The van der Waals surface area contributed by atoms with Gasteiger partial charge in [-0.3, -0.25) is 49.0 Å². The van der Waals surface area contributed by atoms with Crippen LogP contribution in [-0.2, 0) is 28.8 Å². The number of anilines is 1. The number of primary amides is 1. The Hall–Kier alpha value is -9.61. The molecule has 6 amide bonds. The van der Waals surface area contributed by atoms with Crippen molar-refractivity contribution in [3.63, 3.8) is 0 Å². The minimum atomic E-state index is -2.50. The molecule has 360 valence electrons. The number of hydrogen-bond acceptors (Lipinski definition) is 17. The SMILES string of the molecule is CC(C)CCN(c1c([N+](=O)[O-])cc(C#N)cc1[N+](=O)[O-])C(O)C(=O)NC(C(=O)NC(N=C(N)N)C(=O)NC(N=C(N)N)C(=O)NC(N=C(N)N)C(=O)NC(N=C(N)N)C(N)=O)c1ccccc1. The number of benzene rings is 2. The first kappa shape index (κ1) is 53.5. The Morgan fingerprint density at radius 2 is 1.04 bits per heavy atom. The van der Waals surface area contributed by atoms with Crippen LogP contribution in [0.2, 0.25) is 0 Å². The van der Waals surface area contributed by atoms with Crippen molar-refractivity contribution in [3.8, 4) is 6.07 Å². The number of nitrogens with zero attached hydrogens (tertiary/aromatic N) is 8. The molecule has 6 unspecified atom stereocenters. The summed E-state index contributed by atoms with van der Waals surface area (Å²) in [5.74, 6) is -11.7. The van der Waals surface area contributed by atoms with Crippen molar-refractivity contribution in [2.45, 2.75) is 57.2 Å². The fraction of sp³-hybridized carbons (Fsp3) is 0.324. The molecule has 0 radical (unpaired) electrons. The van der Waals surface area contributed by atoms with Crippen LogP contribution in [0.3, 0.4) is 0 Å². The summed E-state index contributed by atoms with van der Waals surface area (Å²) >= 11 is 0. The van der Waals surface area contributed by atoms with Gasteiger partial charge in [-0.25, -0.2) is 20.0 Å². The van der Waals surface area contributed by atoms with Crippen LogP contribution < -0.4 is 83.1 Å². The van der Waals surface area contributed by atoms with Gasteiger partial charge in [0.05, 0.1) is 21.5 Å². The summed E-state index contributed by atoms with van der Waals surface area (Å²) in [4.78, 5) is 117. The van der Waals surface area contributed by atoms with Crippen molar-refractivity contribution in [1.82, 2.24) is 26.6 Å². The highest BCUT2D eigenvalue weighted by molar-refractivity contribution is 5.99. The minimum Gasteiger partial charge on any atom is -0.370 e. The van der Waals surface area contributed by atoms with E-state index in [2.05, 4.69) is 30.6 Å². The van der Waals surface area contributed by atoms with Crippen LogP contribution in [0.15, 0.2) is 62.4 Å². The third kappa shape index (κ3) is 16.2. The van der Waals surface area contributed by atoms with Crippen LogP contribution in [0.1, 0.15) is 37.4 Å². The Bertz CT molecular complexity index is 2330. The van der Waals surface area contributed by atoms with Crippen LogP contribution in [0.25, 0.3) is 0 Å². The number of nitro groups is 2. The highest BCUT2D eigenvalue weighted by Crippen LogP contribution is 2.40. The average Bonchev–Trinajstić information content (AvgIpc) is 3.23. The van der Waals surface area contributed by atoms with Crippen molar-refractivity contribution in [2.24, 2.45) is 77.5 Å². The summed E-state index contributed by atoms with van der Waals surface area (Å²) in [5.41, 5.74) is 45.1. The van der Waals surface area contributed by atoms with E-state index in [9.17, 15) is 59.4 Å². The molecule has 0 aliphatic heterocycles. The fourth-order valence-corrected chi connectivity index (χ4v) is 5.39. The van der Waals surface area contributed by atoms with E-state index in [0.29, 0.717) is 17.0 Å². The number of guanidine groups is 4. The molecule has 0 bridgehead atoms. The number of hydrogen-bond donors (Lipinski definition) is 15. The second kappa shape index (κ2) is 24.3. The van der Waals surface area contributed by atoms with E-state index in [1.54, 1.807) is 19.9 Å². The first-order chi connectivity index (χ1) is 31.3. The van der Waals surface area contributed by atoms with Gasteiger partial charge in [0.1, 0.15) is 6.04 Å². The molecular formula is C34H48N22O11. The van der Waals surface area contributed by atoms with Gasteiger partial charge in [0.15, 0.2) is 29.5 Å². The molecule has 24 N–H and O–H groups in total. The molecule has 6 atom stereocenters. The van der Waals surface area contributed by atoms with Gasteiger partial charge in [-0.05, 0) is 17.9 Å². The highest BCUT2D eigenvalue weighted by atomic mass is 16.6. The molecule has 67 heavy (non-hydrogen) atoms. The van der Waals surface area contributed by atoms with Crippen molar-refractivity contribution in [2.75, 3.05) is 11.4 Å². The number of rotatable bonds is 23. The Kier molecular flexibility index (Phi) is 19.4. The van der Waals surface area contributed by atoms with Crippen LogP contribution >= 0.6 is 0 Å². The number of amides is 6.